The minimum Gasteiger partial charge on any atom is -0.350 e. The molecule has 0 bridgehead atoms. The van der Waals surface area contributed by atoms with Gasteiger partial charge in [0.05, 0.1) is 0 Å². The summed E-state index contributed by atoms with van der Waals surface area (Å²) in [5.74, 6) is -0.105. The number of rotatable bonds is 8. The Balaban J connectivity index is 1.76. The molecular formula is C25H32N4O2. The lowest BCUT2D eigenvalue weighted by Gasteiger charge is -2.17. The number of pyridine rings is 1. The van der Waals surface area contributed by atoms with Crippen molar-refractivity contribution in [2.24, 2.45) is 5.41 Å². The molecule has 0 unspecified atom stereocenters. The van der Waals surface area contributed by atoms with E-state index >= 15 is 0 Å². The zero-order valence-corrected chi connectivity index (χ0v) is 18.9. The summed E-state index contributed by atoms with van der Waals surface area (Å²) < 4.78 is 2.05. The molecule has 0 spiro atoms. The number of nitrogens with one attached hydrogen (secondary N) is 2. The number of anilines is 1. The molecule has 2 N–H and O–H groups in total. The van der Waals surface area contributed by atoms with Gasteiger partial charge in [0.1, 0.15) is 5.69 Å². The lowest BCUT2D eigenvalue weighted by Crippen LogP contribution is -2.28. The fourth-order valence-corrected chi connectivity index (χ4v) is 3.63. The quantitative estimate of drug-likeness (QED) is 0.550. The molecule has 2 heterocycles. The molecule has 6 nitrogen and oxygen atoms in total. The first-order valence-corrected chi connectivity index (χ1v) is 10.9. The highest BCUT2D eigenvalue weighted by molar-refractivity contribution is 6.00. The first-order chi connectivity index (χ1) is 14.8. The molecule has 164 valence electrons. The van der Waals surface area contributed by atoms with Gasteiger partial charge in [0, 0.05) is 54.4 Å². The third-order valence-electron chi connectivity index (χ3n) is 4.95. The Morgan fingerprint density at radius 2 is 1.90 bits per heavy atom. The minimum atomic E-state index is -0.0982. The summed E-state index contributed by atoms with van der Waals surface area (Å²) in [5.41, 5.74) is 3.26. The number of aromatic nitrogens is 2. The Morgan fingerprint density at radius 1 is 1.10 bits per heavy atom. The van der Waals surface area contributed by atoms with Gasteiger partial charge in [0.2, 0.25) is 5.91 Å². The summed E-state index contributed by atoms with van der Waals surface area (Å²) in [6.07, 6.45) is 3.81. The first-order valence-electron chi connectivity index (χ1n) is 10.9. The number of hydrogen-bond acceptors (Lipinski definition) is 3. The van der Waals surface area contributed by atoms with Gasteiger partial charge in [0.15, 0.2) is 0 Å². The summed E-state index contributed by atoms with van der Waals surface area (Å²) in [6, 6.07) is 13.5. The predicted molar refractivity (Wildman–Crippen MR) is 125 cm³/mol. The summed E-state index contributed by atoms with van der Waals surface area (Å²) in [7, 11) is 0. The molecule has 3 rings (SSSR count). The van der Waals surface area contributed by atoms with Crippen molar-refractivity contribution < 1.29 is 9.59 Å². The lowest BCUT2D eigenvalue weighted by molar-refractivity contribution is -0.117. The van der Waals surface area contributed by atoms with Gasteiger partial charge in [-0.15, -0.1) is 0 Å². The van der Waals surface area contributed by atoms with Crippen LogP contribution in [0.15, 0.2) is 48.7 Å². The van der Waals surface area contributed by atoms with Crippen molar-refractivity contribution in [1.82, 2.24) is 14.9 Å². The van der Waals surface area contributed by atoms with Crippen LogP contribution in [0.3, 0.4) is 0 Å². The highest BCUT2D eigenvalue weighted by atomic mass is 16.2. The summed E-state index contributed by atoms with van der Waals surface area (Å²) in [4.78, 5) is 29.5. The molecule has 0 saturated carbocycles. The molecule has 0 aliphatic rings. The SMILES string of the molecule is CCCn1c(C(=O)NCCc2ccccn2)cc2cc(NC(=O)CC(C)(C)C)ccc21. The normalized spacial score (nSPS) is 11.5. The van der Waals surface area contributed by atoms with E-state index in [2.05, 4.69) is 22.5 Å². The van der Waals surface area contributed by atoms with E-state index in [1.54, 1.807) is 6.20 Å². The largest absolute Gasteiger partial charge is 0.350 e. The maximum Gasteiger partial charge on any atom is 0.267 e. The fourth-order valence-electron chi connectivity index (χ4n) is 3.63. The molecule has 0 fully saturated rings. The van der Waals surface area contributed by atoms with Crippen LogP contribution in [0, 0.1) is 5.41 Å². The van der Waals surface area contributed by atoms with Gasteiger partial charge < -0.3 is 15.2 Å². The van der Waals surface area contributed by atoms with Crippen molar-refractivity contribution in [1.29, 1.82) is 0 Å². The molecular weight excluding hydrogens is 388 g/mol. The van der Waals surface area contributed by atoms with Crippen LogP contribution in [0.5, 0.6) is 0 Å². The van der Waals surface area contributed by atoms with Crippen LogP contribution in [0.1, 0.15) is 56.7 Å². The number of hydrogen-bond donors (Lipinski definition) is 2. The molecule has 31 heavy (non-hydrogen) atoms. The van der Waals surface area contributed by atoms with Gasteiger partial charge in [-0.1, -0.05) is 33.8 Å². The van der Waals surface area contributed by atoms with Gasteiger partial charge in [-0.05, 0) is 48.2 Å². The molecule has 0 aliphatic heterocycles. The van der Waals surface area contributed by atoms with E-state index in [0.29, 0.717) is 25.1 Å². The summed E-state index contributed by atoms with van der Waals surface area (Å²) >= 11 is 0. The zero-order valence-electron chi connectivity index (χ0n) is 18.9. The van der Waals surface area contributed by atoms with Gasteiger partial charge in [-0.25, -0.2) is 0 Å². The van der Waals surface area contributed by atoms with E-state index in [0.717, 1.165) is 35.2 Å². The van der Waals surface area contributed by atoms with Gasteiger partial charge in [-0.3, -0.25) is 14.6 Å². The average Bonchev–Trinajstić information content (AvgIpc) is 3.05. The first kappa shape index (κ1) is 22.5. The van der Waals surface area contributed by atoms with Crippen molar-refractivity contribution >= 4 is 28.4 Å². The van der Waals surface area contributed by atoms with Gasteiger partial charge in [-0.2, -0.15) is 0 Å². The number of fused-ring (bicyclic) bond motifs is 1. The van der Waals surface area contributed by atoms with Crippen molar-refractivity contribution in [3.8, 4) is 0 Å². The maximum absolute atomic E-state index is 12.9. The molecule has 0 aliphatic carbocycles. The Morgan fingerprint density at radius 3 is 2.58 bits per heavy atom. The second-order valence-electron chi connectivity index (χ2n) is 9.07. The third-order valence-corrected chi connectivity index (χ3v) is 4.95. The topological polar surface area (TPSA) is 76.0 Å². The molecule has 0 saturated heterocycles. The molecule has 2 aromatic heterocycles. The van der Waals surface area contributed by atoms with Crippen LogP contribution < -0.4 is 10.6 Å². The number of nitrogens with zero attached hydrogens (tertiary/aromatic N) is 2. The molecule has 0 atom stereocenters. The van der Waals surface area contributed by atoms with Gasteiger partial charge >= 0.3 is 0 Å². The van der Waals surface area contributed by atoms with E-state index in [9.17, 15) is 9.59 Å². The van der Waals surface area contributed by atoms with Crippen molar-refractivity contribution in [2.75, 3.05) is 11.9 Å². The van der Waals surface area contributed by atoms with Crippen LogP contribution in [0.4, 0.5) is 5.69 Å². The molecule has 1 aromatic carbocycles. The Bertz CT molecular complexity index is 1050. The number of carbonyl (C=O) groups excluding carboxylic acids is 2. The average molecular weight is 421 g/mol. The molecule has 0 radical (unpaired) electrons. The van der Waals surface area contributed by atoms with E-state index in [4.69, 9.17) is 0 Å². The van der Waals surface area contributed by atoms with E-state index in [-0.39, 0.29) is 17.2 Å². The maximum atomic E-state index is 12.9. The molecule has 3 aromatic rings. The number of amides is 2. The van der Waals surface area contributed by atoms with Crippen molar-refractivity contribution in [2.45, 2.75) is 53.5 Å². The van der Waals surface area contributed by atoms with Crippen LogP contribution in [0.25, 0.3) is 10.9 Å². The van der Waals surface area contributed by atoms with E-state index in [1.807, 2.05) is 67.8 Å². The van der Waals surface area contributed by atoms with Crippen LogP contribution in [-0.2, 0) is 17.8 Å². The minimum absolute atomic E-state index is 0.00710. The predicted octanol–water partition coefficient (Wildman–Crippen LogP) is 4.79. The van der Waals surface area contributed by atoms with Crippen LogP contribution in [-0.4, -0.2) is 27.9 Å². The molecule has 2 amide bonds. The Hall–Kier alpha value is -3.15. The van der Waals surface area contributed by atoms with E-state index in [1.165, 1.54) is 0 Å². The second kappa shape index (κ2) is 9.77. The van der Waals surface area contributed by atoms with Crippen molar-refractivity contribution in [3.63, 3.8) is 0 Å². The Kier molecular flexibility index (Phi) is 7.10. The standard InChI is InChI=1S/C25H32N4O2/c1-5-14-29-21-10-9-20(28-23(30)17-25(2,3)4)15-18(21)16-22(29)24(31)27-13-11-19-8-6-7-12-26-19/h6-10,12,15-16H,5,11,13-14,17H2,1-4H3,(H,27,31)(H,28,30). The molecule has 6 heteroatoms. The highest BCUT2D eigenvalue weighted by Gasteiger charge is 2.18. The lowest BCUT2D eigenvalue weighted by atomic mass is 9.92. The summed E-state index contributed by atoms with van der Waals surface area (Å²) in [6.45, 7) is 9.49. The van der Waals surface area contributed by atoms with Crippen LogP contribution >= 0.6 is 0 Å². The highest BCUT2D eigenvalue weighted by Crippen LogP contribution is 2.25. The van der Waals surface area contributed by atoms with E-state index < -0.39 is 0 Å². The fraction of sp³-hybridized carbons (Fsp3) is 0.400. The van der Waals surface area contributed by atoms with Gasteiger partial charge in [0.25, 0.3) is 5.91 Å². The summed E-state index contributed by atoms with van der Waals surface area (Å²) in [5, 5.41) is 6.93. The second-order valence-corrected chi connectivity index (χ2v) is 9.07. The van der Waals surface area contributed by atoms with Crippen molar-refractivity contribution in [3.05, 3.63) is 60.0 Å². The number of carbonyl (C=O) groups is 2. The number of benzene rings is 1. The smallest absolute Gasteiger partial charge is 0.267 e. The zero-order chi connectivity index (χ0) is 22.4. The third kappa shape index (κ3) is 6.17. The monoisotopic (exact) mass is 420 g/mol. The van der Waals surface area contributed by atoms with Crippen LogP contribution in [0.2, 0.25) is 0 Å². The number of aryl methyl sites for hydroxylation is 1. The Labute approximate surface area is 184 Å².